The first kappa shape index (κ1) is 19.2. The van der Waals surface area contributed by atoms with Crippen LogP contribution in [0.2, 0.25) is 0 Å². The van der Waals surface area contributed by atoms with Gasteiger partial charge in [0.05, 0.1) is 36.1 Å². The van der Waals surface area contributed by atoms with Crippen LogP contribution in [0.5, 0.6) is 0 Å². The van der Waals surface area contributed by atoms with Crippen molar-refractivity contribution >= 4 is 11.6 Å². The monoisotopic (exact) mass is 401 g/mol. The van der Waals surface area contributed by atoms with Crippen molar-refractivity contribution in [1.82, 2.24) is 9.78 Å². The highest BCUT2D eigenvalue weighted by atomic mass is 19.4. The Bertz CT molecular complexity index is 1020. The molecule has 1 aliphatic rings. The first-order valence-electron chi connectivity index (χ1n) is 9.12. The Kier molecular flexibility index (Phi) is 5.10. The lowest BCUT2D eigenvalue weighted by molar-refractivity contribution is -0.137. The second-order valence-electron chi connectivity index (χ2n) is 6.74. The number of ether oxygens (including phenoxy) is 1. The zero-order valence-electron chi connectivity index (χ0n) is 15.3. The fourth-order valence-corrected chi connectivity index (χ4v) is 3.44. The van der Waals surface area contributed by atoms with Gasteiger partial charge in [-0.05, 0) is 41.8 Å². The molecule has 8 heteroatoms. The van der Waals surface area contributed by atoms with E-state index in [9.17, 15) is 18.0 Å². The summed E-state index contributed by atoms with van der Waals surface area (Å²) in [7, 11) is 0. The molecule has 0 saturated carbocycles. The Morgan fingerprint density at radius 1 is 1.21 bits per heavy atom. The fraction of sp³-hybridized carbons (Fsp3) is 0.238. The largest absolute Gasteiger partial charge is 0.416 e. The Morgan fingerprint density at radius 3 is 2.79 bits per heavy atom. The van der Waals surface area contributed by atoms with Gasteiger partial charge in [0, 0.05) is 12.4 Å². The van der Waals surface area contributed by atoms with Crippen LogP contribution >= 0.6 is 0 Å². The number of halogens is 3. The highest BCUT2D eigenvalue weighted by Crippen LogP contribution is 2.34. The molecule has 4 rings (SSSR count). The molecule has 1 aromatic heterocycles. The molecule has 0 fully saturated rings. The van der Waals surface area contributed by atoms with Gasteiger partial charge >= 0.3 is 6.18 Å². The molecule has 5 nitrogen and oxygen atoms in total. The molecule has 1 N–H and O–H groups in total. The Hall–Kier alpha value is -3.13. The van der Waals surface area contributed by atoms with E-state index < -0.39 is 23.8 Å². The topological polar surface area (TPSA) is 56.1 Å². The Labute approximate surface area is 165 Å². The molecule has 29 heavy (non-hydrogen) atoms. The highest BCUT2D eigenvalue weighted by molar-refractivity contribution is 5.93. The van der Waals surface area contributed by atoms with Crippen molar-refractivity contribution in [2.24, 2.45) is 0 Å². The standard InChI is InChI=1S/C21H18F3N3O2/c22-21(23,24)15-6-7-18(27-10-3-9-25-27)17(12-15)26-20(28)13-19-16-5-2-1-4-14(16)8-11-29-19/h1-7,9-10,12,19H,8,11,13H2,(H,26,28). The number of carbonyl (C=O) groups excluding carboxylic acids is 1. The van der Waals surface area contributed by atoms with Gasteiger partial charge in [-0.1, -0.05) is 24.3 Å². The maximum Gasteiger partial charge on any atom is 0.416 e. The molecule has 1 atom stereocenters. The second-order valence-corrected chi connectivity index (χ2v) is 6.74. The number of aromatic nitrogens is 2. The van der Waals surface area contributed by atoms with Gasteiger partial charge in [0.2, 0.25) is 5.91 Å². The minimum Gasteiger partial charge on any atom is -0.373 e. The molecule has 3 aromatic rings. The molecule has 1 unspecified atom stereocenters. The van der Waals surface area contributed by atoms with E-state index in [1.807, 2.05) is 24.3 Å². The van der Waals surface area contributed by atoms with Gasteiger partial charge in [-0.3, -0.25) is 4.79 Å². The third-order valence-electron chi connectivity index (χ3n) is 4.81. The van der Waals surface area contributed by atoms with Crippen LogP contribution in [0.4, 0.5) is 18.9 Å². The summed E-state index contributed by atoms with van der Waals surface area (Å²) in [6.45, 7) is 0.497. The molecule has 2 heterocycles. The van der Waals surface area contributed by atoms with Crippen molar-refractivity contribution < 1.29 is 22.7 Å². The number of hydrogen-bond acceptors (Lipinski definition) is 3. The van der Waals surface area contributed by atoms with Crippen LogP contribution in [0.1, 0.15) is 29.2 Å². The Morgan fingerprint density at radius 2 is 2.03 bits per heavy atom. The van der Waals surface area contributed by atoms with Gasteiger partial charge < -0.3 is 10.1 Å². The summed E-state index contributed by atoms with van der Waals surface area (Å²) in [4.78, 5) is 12.7. The van der Waals surface area contributed by atoms with Gasteiger partial charge in [0.1, 0.15) is 0 Å². The van der Waals surface area contributed by atoms with Gasteiger partial charge in [0.15, 0.2) is 0 Å². The molecule has 2 aromatic carbocycles. The summed E-state index contributed by atoms with van der Waals surface area (Å²) in [5.74, 6) is -0.431. The Balaban J connectivity index is 1.59. The first-order valence-corrected chi connectivity index (χ1v) is 9.12. The van der Waals surface area contributed by atoms with E-state index in [-0.39, 0.29) is 12.1 Å². The second kappa shape index (κ2) is 7.71. The van der Waals surface area contributed by atoms with Gasteiger partial charge in [-0.25, -0.2) is 4.68 Å². The number of fused-ring (bicyclic) bond motifs is 1. The summed E-state index contributed by atoms with van der Waals surface area (Å²) < 4.78 is 46.6. The molecule has 150 valence electrons. The van der Waals surface area contributed by atoms with Crippen molar-refractivity contribution in [3.05, 3.63) is 77.6 Å². The molecule has 0 saturated heterocycles. The molecular weight excluding hydrogens is 383 g/mol. The third-order valence-corrected chi connectivity index (χ3v) is 4.81. The predicted molar refractivity (Wildman–Crippen MR) is 101 cm³/mol. The van der Waals surface area contributed by atoms with Crippen LogP contribution in [-0.4, -0.2) is 22.3 Å². The number of nitrogens with one attached hydrogen (secondary N) is 1. The quantitative estimate of drug-likeness (QED) is 0.699. The van der Waals surface area contributed by atoms with E-state index >= 15 is 0 Å². The van der Waals surface area contributed by atoms with E-state index in [0.717, 1.165) is 29.7 Å². The number of anilines is 1. The van der Waals surface area contributed by atoms with Crippen molar-refractivity contribution in [2.75, 3.05) is 11.9 Å². The predicted octanol–water partition coefficient (Wildman–Crippen LogP) is 4.53. The van der Waals surface area contributed by atoms with Gasteiger partial charge in [0.25, 0.3) is 0 Å². The van der Waals surface area contributed by atoms with Crippen LogP contribution in [0.25, 0.3) is 5.69 Å². The molecule has 0 spiro atoms. The van der Waals surface area contributed by atoms with E-state index in [0.29, 0.717) is 12.3 Å². The molecule has 1 amide bonds. The van der Waals surface area contributed by atoms with Gasteiger partial charge in [-0.2, -0.15) is 18.3 Å². The molecule has 0 aliphatic carbocycles. The average Bonchev–Trinajstić information content (AvgIpc) is 3.22. The zero-order chi connectivity index (χ0) is 20.4. The van der Waals surface area contributed by atoms with Crippen molar-refractivity contribution in [3.8, 4) is 5.69 Å². The van der Waals surface area contributed by atoms with E-state index in [2.05, 4.69) is 10.4 Å². The number of carbonyl (C=O) groups is 1. The lowest BCUT2D eigenvalue weighted by Crippen LogP contribution is -2.23. The van der Waals surface area contributed by atoms with E-state index in [4.69, 9.17) is 4.74 Å². The van der Waals surface area contributed by atoms with Crippen LogP contribution in [-0.2, 0) is 22.1 Å². The highest BCUT2D eigenvalue weighted by Gasteiger charge is 2.31. The number of hydrogen-bond donors (Lipinski definition) is 1. The summed E-state index contributed by atoms with van der Waals surface area (Å²) in [6, 6.07) is 12.5. The summed E-state index contributed by atoms with van der Waals surface area (Å²) >= 11 is 0. The number of nitrogens with zero attached hydrogens (tertiary/aromatic N) is 2. The van der Waals surface area contributed by atoms with E-state index in [1.54, 1.807) is 12.3 Å². The number of benzene rings is 2. The smallest absolute Gasteiger partial charge is 0.373 e. The number of amides is 1. The maximum absolute atomic E-state index is 13.2. The SMILES string of the molecule is O=C(CC1OCCc2ccccc21)Nc1cc(C(F)(F)F)ccc1-n1cccn1. The molecular formula is C21H18F3N3O2. The minimum atomic E-state index is -4.52. The van der Waals surface area contributed by atoms with Gasteiger partial charge in [-0.15, -0.1) is 0 Å². The lowest BCUT2D eigenvalue weighted by Gasteiger charge is -2.25. The molecule has 0 bridgehead atoms. The van der Waals surface area contributed by atoms with Crippen molar-refractivity contribution in [3.63, 3.8) is 0 Å². The first-order chi connectivity index (χ1) is 13.9. The van der Waals surface area contributed by atoms with Crippen LogP contribution < -0.4 is 5.32 Å². The summed E-state index contributed by atoms with van der Waals surface area (Å²) in [5.41, 5.74) is 1.60. The van der Waals surface area contributed by atoms with Crippen molar-refractivity contribution in [1.29, 1.82) is 0 Å². The van der Waals surface area contributed by atoms with E-state index in [1.165, 1.54) is 16.9 Å². The third kappa shape index (κ3) is 4.17. The average molecular weight is 401 g/mol. The van der Waals surface area contributed by atoms with Crippen LogP contribution in [0, 0.1) is 0 Å². The van der Waals surface area contributed by atoms with Crippen LogP contribution in [0.3, 0.4) is 0 Å². The molecule has 0 radical (unpaired) electrons. The molecule has 1 aliphatic heterocycles. The van der Waals surface area contributed by atoms with Crippen LogP contribution in [0.15, 0.2) is 60.9 Å². The summed E-state index contributed by atoms with van der Waals surface area (Å²) in [6.07, 6.45) is -1.07. The van der Waals surface area contributed by atoms with Crippen molar-refractivity contribution in [2.45, 2.75) is 25.1 Å². The lowest BCUT2D eigenvalue weighted by atomic mass is 9.95. The normalized spacial score (nSPS) is 16.3. The fourth-order valence-electron chi connectivity index (χ4n) is 3.44. The summed E-state index contributed by atoms with van der Waals surface area (Å²) in [5, 5.41) is 6.66. The maximum atomic E-state index is 13.2. The minimum absolute atomic E-state index is 0.00576. The number of rotatable bonds is 4. The zero-order valence-corrected chi connectivity index (χ0v) is 15.3. The number of alkyl halides is 3.